The van der Waals surface area contributed by atoms with Crippen molar-refractivity contribution >= 4 is 21.9 Å². The maximum Gasteiger partial charge on any atom is 0.264 e. The molecule has 1 amide bonds. The van der Waals surface area contributed by atoms with Crippen molar-refractivity contribution in [2.75, 3.05) is 11.8 Å². The van der Waals surface area contributed by atoms with Gasteiger partial charge in [0.05, 0.1) is 17.6 Å². The van der Waals surface area contributed by atoms with E-state index in [-0.39, 0.29) is 22.2 Å². The number of amides is 1. The van der Waals surface area contributed by atoms with E-state index in [1.165, 1.54) is 19.2 Å². The summed E-state index contributed by atoms with van der Waals surface area (Å²) >= 11 is 0. The van der Waals surface area contributed by atoms with Crippen LogP contribution in [0.2, 0.25) is 0 Å². The molecule has 0 aliphatic rings. The molecule has 1 aromatic heterocycles. The van der Waals surface area contributed by atoms with E-state index in [9.17, 15) is 13.2 Å². The largest absolute Gasteiger partial charge is 0.496 e. The summed E-state index contributed by atoms with van der Waals surface area (Å²) in [4.78, 5) is 15.0. The van der Waals surface area contributed by atoms with Gasteiger partial charge in [0.2, 0.25) is 0 Å². The maximum atomic E-state index is 12.2. The highest BCUT2D eigenvalue weighted by atomic mass is 32.2. The number of ether oxygens (including phenoxy) is 1. The van der Waals surface area contributed by atoms with Crippen LogP contribution in [0.15, 0.2) is 23.1 Å². The number of nitrogens with one attached hydrogen (secondary N) is 2. The quantitative estimate of drug-likeness (QED) is 0.711. The number of rotatable bonds is 5. The molecule has 2 aromatic rings. The molecule has 0 atom stereocenters. The number of aryl methyl sites for hydroxylation is 1. The molecule has 9 nitrogen and oxygen atoms in total. The first kappa shape index (κ1) is 14.8. The molecule has 21 heavy (non-hydrogen) atoms. The Morgan fingerprint density at radius 1 is 1.43 bits per heavy atom. The van der Waals surface area contributed by atoms with Crippen molar-refractivity contribution in [3.05, 3.63) is 29.6 Å². The first-order valence-corrected chi connectivity index (χ1v) is 7.21. The fourth-order valence-corrected chi connectivity index (χ4v) is 2.58. The monoisotopic (exact) mass is 311 g/mol. The van der Waals surface area contributed by atoms with Gasteiger partial charge in [-0.3, -0.25) is 9.89 Å². The number of aromatic amines is 1. The highest BCUT2D eigenvalue weighted by Crippen LogP contribution is 2.23. The van der Waals surface area contributed by atoms with Crippen LogP contribution in [-0.2, 0) is 10.0 Å². The number of hydrogen-bond acceptors (Lipinski definition) is 6. The van der Waals surface area contributed by atoms with Gasteiger partial charge in [-0.05, 0) is 25.1 Å². The molecule has 0 unspecified atom stereocenters. The first-order chi connectivity index (χ1) is 9.83. The summed E-state index contributed by atoms with van der Waals surface area (Å²) in [6.07, 6.45) is 0. The fourth-order valence-electron chi connectivity index (χ4n) is 1.61. The zero-order chi connectivity index (χ0) is 15.6. The lowest BCUT2D eigenvalue weighted by molar-refractivity contribution is 0.0997. The van der Waals surface area contributed by atoms with Crippen LogP contribution in [0.4, 0.5) is 5.95 Å². The predicted octanol–water partition coefficient (Wildman–Crippen LogP) is 0.0214. The summed E-state index contributed by atoms with van der Waals surface area (Å²) in [5.74, 6) is -0.239. The topological polar surface area (TPSA) is 140 Å². The van der Waals surface area contributed by atoms with Gasteiger partial charge in [0, 0.05) is 0 Å². The van der Waals surface area contributed by atoms with Gasteiger partial charge in [-0.15, -0.1) is 5.10 Å². The molecule has 0 radical (unpaired) electrons. The van der Waals surface area contributed by atoms with E-state index in [4.69, 9.17) is 10.5 Å². The van der Waals surface area contributed by atoms with Gasteiger partial charge in [0.25, 0.3) is 21.9 Å². The molecule has 10 heteroatoms. The average Bonchev–Trinajstić information content (AvgIpc) is 2.82. The van der Waals surface area contributed by atoms with Crippen LogP contribution in [0.1, 0.15) is 16.2 Å². The molecule has 0 saturated carbocycles. The Kier molecular flexibility index (Phi) is 3.80. The molecule has 0 spiro atoms. The Morgan fingerprint density at radius 3 is 2.67 bits per heavy atom. The Bertz CT molecular complexity index is 784. The van der Waals surface area contributed by atoms with E-state index < -0.39 is 15.9 Å². The highest BCUT2D eigenvalue weighted by molar-refractivity contribution is 7.92. The minimum atomic E-state index is -3.94. The molecule has 0 aliphatic carbocycles. The molecular formula is C11H13N5O4S. The number of methoxy groups -OCH3 is 1. The summed E-state index contributed by atoms with van der Waals surface area (Å²) in [7, 11) is -2.59. The second-order valence-electron chi connectivity index (χ2n) is 4.08. The minimum Gasteiger partial charge on any atom is -0.496 e. The Morgan fingerprint density at radius 2 is 2.14 bits per heavy atom. The molecule has 1 heterocycles. The molecule has 2 rings (SSSR count). The van der Waals surface area contributed by atoms with E-state index in [0.717, 1.165) is 6.07 Å². The van der Waals surface area contributed by atoms with Gasteiger partial charge in [-0.2, -0.15) is 4.98 Å². The lowest BCUT2D eigenvalue weighted by atomic mass is 10.2. The van der Waals surface area contributed by atoms with Crippen molar-refractivity contribution in [2.24, 2.45) is 5.73 Å². The van der Waals surface area contributed by atoms with Gasteiger partial charge in [-0.25, -0.2) is 13.1 Å². The third kappa shape index (κ3) is 3.11. The van der Waals surface area contributed by atoms with E-state index in [0.29, 0.717) is 5.82 Å². The molecule has 4 N–H and O–H groups in total. The van der Waals surface area contributed by atoms with E-state index in [2.05, 4.69) is 19.9 Å². The second-order valence-corrected chi connectivity index (χ2v) is 5.76. The van der Waals surface area contributed by atoms with Crippen molar-refractivity contribution in [3.63, 3.8) is 0 Å². The van der Waals surface area contributed by atoms with E-state index in [1.54, 1.807) is 6.92 Å². The van der Waals surface area contributed by atoms with Crippen LogP contribution >= 0.6 is 0 Å². The van der Waals surface area contributed by atoms with Crippen LogP contribution in [-0.4, -0.2) is 36.6 Å². The number of nitrogens with two attached hydrogens (primary N) is 1. The number of sulfonamides is 1. The standard InChI is InChI=1S/C11H13N5O4S/c1-6-13-11(15-14-6)16-21(18,19)7-3-4-9(20-2)8(5-7)10(12)17/h3-5H,1-2H3,(H2,12,17)(H2,13,14,15,16). The van der Waals surface area contributed by atoms with Gasteiger partial charge >= 0.3 is 0 Å². The molecule has 0 bridgehead atoms. The SMILES string of the molecule is COc1ccc(S(=O)(=O)Nc2n[nH]c(C)n2)cc1C(N)=O. The minimum absolute atomic E-state index is 0.0356. The summed E-state index contributed by atoms with van der Waals surface area (Å²) < 4.78 is 31.5. The predicted molar refractivity (Wildman–Crippen MR) is 73.4 cm³/mol. The summed E-state index contributed by atoms with van der Waals surface area (Å²) in [5.41, 5.74) is 5.16. The van der Waals surface area contributed by atoms with Gasteiger partial charge in [0.1, 0.15) is 11.6 Å². The van der Waals surface area contributed by atoms with E-state index in [1.807, 2.05) is 0 Å². The fraction of sp³-hybridized carbons (Fsp3) is 0.182. The number of benzene rings is 1. The lowest BCUT2D eigenvalue weighted by Crippen LogP contribution is -2.17. The van der Waals surface area contributed by atoms with Crippen molar-refractivity contribution in [1.29, 1.82) is 0 Å². The highest BCUT2D eigenvalue weighted by Gasteiger charge is 2.20. The molecule has 1 aromatic carbocycles. The molecular weight excluding hydrogens is 298 g/mol. The summed E-state index contributed by atoms with van der Waals surface area (Å²) in [6, 6.07) is 3.76. The van der Waals surface area contributed by atoms with Gasteiger partial charge in [0.15, 0.2) is 0 Å². The number of hydrogen-bond donors (Lipinski definition) is 3. The average molecular weight is 311 g/mol. The number of anilines is 1. The Balaban J connectivity index is 2.40. The second kappa shape index (κ2) is 5.40. The smallest absolute Gasteiger partial charge is 0.264 e. The first-order valence-electron chi connectivity index (χ1n) is 5.73. The molecule has 0 aliphatic heterocycles. The van der Waals surface area contributed by atoms with Gasteiger partial charge < -0.3 is 10.5 Å². The maximum absolute atomic E-state index is 12.2. The van der Waals surface area contributed by atoms with Crippen molar-refractivity contribution < 1.29 is 17.9 Å². The van der Waals surface area contributed by atoms with Crippen LogP contribution in [0, 0.1) is 6.92 Å². The van der Waals surface area contributed by atoms with Crippen LogP contribution in [0.5, 0.6) is 5.75 Å². The normalized spacial score (nSPS) is 11.1. The van der Waals surface area contributed by atoms with Gasteiger partial charge in [-0.1, -0.05) is 0 Å². The summed E-state index contributed by atoms with van der Waals surface area (Å²) in [5, 5.41) is 6.18. The number of aromatic nitrogens is 3. The van der Waals surface area contributed by atoms with Crippen molar-refractivity contribution in [3.8, 4) is 5.75 Å². The third-order valence-corrected chi connectivity index (χ3v) is 3.90. The van der Waals surface area contributed by atoms with Crippen LogP contribution < -0.4 is 15.2 Å². The molecule has 0 fully saturated rings. The zero-order valence-electron chi connectivity index (χ0n) is 11.2. The number of carbonyl (C=O) groups is 1. The third-order valence-electron chi connectivity index (χ3n) is 2.57. The number of nitrogens with zero attached hydrogens (tertiary/aromatic N) is 2. The van der Waals surface area contributed by atoms with Crippen molar-refractivity contribution in [1.82, 2.24) is 15.2 Å². The van der Waals surface area contributed by atoms with Crippen molar-refractivity contribution in [2.45, 2.75) is 11.8 Å². The summed E-state index contributed by atoms with van der Waals surface area (Å²) in [6.45, 7) is 1.63. The lowest BCUT2D eigenvalue weighted by Gasteiger charge is -2.09. The zero-order valence-corrected chi connectivity index (χ0v) is 12.1. The Hall–Kier alpha value is -2.62. The van der Waals surface area contributed by atoms with Crippen LogP contribution in [0.3, 0.4) is 0 Å². The van der Waals surface area contributed by atoms with E-state index >= 15 is 0 Å². The van der Waals surface area contributed by atoms with Crippen LogP contribution in [0.25, 0.3) is 0 Å². The molecule has 0 saturated heterocycles. The molecule has 112 valence electrons. The number of primary amides is 1. The Labute approximate surface area is 120 Å². The number of H-pyrrole nitrogens is 1. The number of carbonyl (C=O) groups excluding carboxylic acids is 1.